The van der Waals surface area contributed by atoms with E-state index < -0.39 is 29.7 Å². The minimum atomic E-state index is -0.981. The molecule has 0 bridgehead atoms. The van der Waals surface area contributed by atoms with E-state index in [1.54, 1.807) is 25.2 Å². The van der Waals surface area contributed by atoms with Crippen molar-refractivity contribution in [1.29, 1.82) is 0 Å². The number of carbonyl (C=O) groups is 6. The molecule has 11 nitrogen and oxygen atoms in total. The normalized spacial score (nSPS) is 17.3. The molecule has 1 aromatic carbocycles. The first-order valence-corrected chi connectivity index (χ1v) is 9.72. The van der Waals surface area contributed by atoms with Crippen LogP contribution in [0.15, 0.2) is 18.2 Å². The number of anilines is 1. The summed E-state index contributed by atoms with van der Waals surface area (Å²) in [7, 11) is 1.59. The molecular weight excluding hydrogens is 408 g/mol. The van der Waals surface area contributed by atoms with Crippen molar-refractivity contribution in [1.82, 2.24) is 15.5 Å². The Morgan fingerprint density at radius 1 is 1.23 bits per heavy atom. The fraction of sp³-hybridized carbons (Fsp3) is 0.400. The number of hydrogen-bond acceptors (Lipinski definition) is 7. The Kier molecular flexibility index (Phi) is 8.24. The van der Waals surface area contributed by atoms with Crippen molar-refractivity contribution < 1.29 is 33.9 Å². The van der Waals surface area contributed by atoms with E-state index in [4.69, 9.17) is 9.90 Å². The van der Waals surface area contributed by atoms with Crippen LogP contribution < -0.4 is 16.0 Å². The summed E-state index contributed by atoms with van der Waals surface area (Å²) in [5, 5.41) is 14.8. The molecular formula is C20H24N4O7. The van der Waals surface area contributed by atoms with Crippen molar-refractivity contribution in [3.63, 3.8) is 0 Å². The van der Waals surface area contributed by atoms with Gasteiger partial charge in [-0.1, -0.05) is 6.07 Å². The van der Waals surface area contributed by atoms with Crippen molar-refractivity contribution in [3.8, 4) is 0 Å². The number of nitrogens with zero attached hydrogens (tertiary/aromatic N) is 1. The van der Waals surface area contributed by atoms with E-state index in [0.29, 0.717) is 25.1 Å². The van der Waals surface area contributed by atoms with E-state index in [1.807, 2.05) is 0 Å². The van der Waals surface area contributed by atoms with Crippen LogP contribution in [0.2, 0.25) is 0 Å². The third kappa shape index (κ3) is 5.44. The van der Waals surface area contributed by atoms with Crippen molar-refractivity contribution in [2.24, 2.45) is 0 Å². The van der Waals surface area contributed by atoms with Gasteiger partial charge in [-0.25, -0.2) is 0 Å². The Bertz CT molecular complexity index is 900. The number of amides is 5. The summed E-state index contributed by atoms with van der Waals surface area (Å²) in [6, 6.07) is 3.95. The van der Waals surface area contributed by atoms with Gasteiger partial charge in [-0.05, 0) is 31.4 Å². The number of carbonyl (C=O) groups excluding carboxylic acids is 5. The van der Waals surface area contributed by atoms with Crippen molar-refractivity contribution in [3.05, 3.63) is 29.3 Å². The maximum atomic E-state index is 12.9. The summed E-state index contributed by atoms with van der Waals surface area (Å²) >= 11 is 0. The van der Waals surface area contributed by atoms with Crippen LogP contribution >= 0.6 is 0 Å². The minimum Gasteiger partial charge on any atom is -0.483 e. The molecule has 0 saturated carbocycles. The number of carboxylic acid groups (broad SMARTS) is 1. The summed E-state index contributed by atoms with van der Waals surface area (Å²) in [5.41, 5.74) is 0.999. The molecule has 0 aromatic heterocycles. The van der Waals surface area contributed by atoms with Crippen LogP contribution in [0.25, 0.3) is 0 Å². The Hall–Kier alpha value is -3.76. The standard InChI is InChI=1S/C19H22N4O5.CH2O2/c1-20-14(24)7-2-3-10-21-12-6-4-5-11-16(12)19(28)23(18(11)27)13-8-9-15(25)22-17(13)26;2-1-3/h4-6,13,21H,2-3,7-10H2,1H3,(H,20,24)(H,22,25,26);1H,(H,2,3). The summed E-state index contributed by atoms with van der Waals surface area (Å²) in [6.45, 7) is 0.285. The second kappa shape index (κ2) is 10.9. The molecule has 0 aliphatic carbocycles. The predicted molar refractivity (Wildman–Crippen MR) is 108 cm³/mol. The number of fused-ring (bicyclic) bond motifs is 1. The fourth-order valence-electron chi connectivity index (χ4n) is 3.42. The molecule has 4 N–H and O–H groups in total. The SMILES string of the molecule is CNC(=O)CCCCNc1cccc2c1C(=O)N(C1CCC(=O)NC1=O)C2=O.O=CO. The van der Waals surface area contributed by atoms with Gasteiger partial charge in [0.15, 0.2) is 0 Å². The second-order valence-corrected chi connectivity index (χ2v) is 6.84. The minimum absolute atomic E-state index is 0.0266. The Labute approximate surface area is 178 Å². The van der Waals surface area contributed by atoms with Gasteiger partial charge in [-0.15, -0.1) is 0 Å². The molecule has 2 aliphatic heterocycles. The topological polar surface area (TPSA) is 162 Å². The van der Waals surface area contributed by atoms with Gasteiger partial charge in [-0.3, -0.25) is 39.0 Å². The molecule has 1 saturated heterocycles. The maximum Gasteiger partial charge on any atom is 0.290 e. The van der Waals surface area contributed by atoms with Crippen LogP contribution in [0.4, 0.5) is 5.69 Å². The number of benzene rings is 1. The zero-order valence-corrected chi connectivity index (χ0v) is 17.0. The molecule has 1 aromatic rings. The highest BCUT2D eigenvalue weighted by atomic mass is 16.3. The van der Waals surface area contributed by atoms with Crippen LogP contribution in [0.3, 0.4) is 0 Å². The Balaban J connectivity index is 0.00000107. The van der Waals surface area contributed by atoms with Gasteiger partial charge in [0.05, 0.1) is 11.1 Å². The quantitative estimate of drug-likeness (QED) is 0.268. The smallest absolute Gasteiger partial charge is 0.290 e. The van der Waals surface area contributed by atoms with Gasteiger partial charge in [0.2, 0.25) is 17.7 Å². The van der Waals surface area contributed by atoms with E-state index >= 15 is 0 Å². The van der Waals surface area contributed by atoms with Crippen LogP contribution in [0.1, 0.15) is 52.8 Å². The van der Waals surface area contributed by atoms with E-state index in [1.165, 1.54) is 0 Å². The van der Waals surface area contributed by atoms with Gasteiger partial charge in [-0.2, -0.15) is 0 Å². The summed E-state index contributed by atoms with van der Waals surface area (Å²) in [5.74, 6) is -2.13. The molecule has 166 valence electrons. The fourth-order valence-corrected chi connectivity index (χ4v) is 3.42. The Morgan fingerprint density at radius 3 is 2.58 bits per heavy atom. The molecule has 0 radical (unpaired) electrons. The van der Waals surface area contributed by atoms with E-state index in [-0.39, 0.29) is 36.3 Å². The Morgan fingerprint density at radius 2 is 1.94 bits per heavy atom. The van der Waals surface area contributed by atoms with Crippen LogP contribution in [0, 0.1) is 0 Å². The van der Waals surface area contributed by atoms with Crippen LogP contribution in [-0.2, 0) is 19.2 Å². The highest BCUT2D eigenvalue weighted by Gasteiger charge is 2.45. The van der Waals surface area contributed by atoms with Gasteiger partial charge in [0, 0.05) is 32.1 Å². The molecule has 11 heteroatoms. The average Bonchev–Trinajstić information content (AvgIpc) is 2.99. The highest BCUT2D eigenvalue weighted by molar-refractivity contribution is 6.25. The third-order valence-corrected chi connectivity index (χ3v) is 4.89. The zero-order valence-electron chi connectivity index (χ0n) is 17.0. The molecule has 2 heterocycles. The number of hydrogen-bond donors (Lipinski definition) is 4. The van der Waals surface area contributed by atoms with Crippen molar-refractivity contribution in [2.75, 3.05) is 18.9 Å². The van der Waals surface area contributed by atoms with Gasteiger partial charge in [0.25, 0.3) is 18.3 Å². The lowest BCUT2D eigenvalue weighted by atomic mass is 10.0. The molecule has 2 aliphatic rings. The number of imide groups is 2. The summed E-state index contributed by atoms with van der Waals surface area (Å²) < 4.78 is 0. The molecule has 3 rings (SSSR count). The first kappa shape index (κ1) is 23.5. The van der Waals surface area contributed by atoms with Crippen molar-refractivity contribution >= 4 is 41.7 Å². The number of unbranched alkanes of at least 4 members (excludes halogenated alkanes) is 1. The van der Waals surface area contributed by atoms with Gasteiger partial charge in [0.1, 0.15) is 6.04 Å². The summed E-state index contributed by atoms with van der Waals surface area (Å²) in [6.07, 6.45) is 2.04. The van der Waals surface area contributed by atoms with Crippen molar-refractivity contribution in [2.45, 2.75) is 38.1 Å². The zero-order chi connectivity index (χ0) is 23.0. The summed E-state index contributed by atoms with van der Waals surface area (Å²) in [4.78, 5) is 69.7. The lowest BCUT2D eigenvalue weighted by Gasteiger charge is -2.27. The molecule has 1 atom stereocenters. The number of piperidine rings is 1. The first-order valence-electron chi connectivity index (χ1n) is 9.72. The van der Waals surface area contributed by atoms with Gasteiger partial charge < -0.3 is 15.7 Å². The van der Waals surface area contributed by atoms with E-state index in [0.717, 1.165) is 11.3 Å². The monoisotopic (exact) mass is 432 g/mol. The van der Waals surface area contributed by atoms with Crippen LogP contribution in [-0.4, -0.2) is 65.6 Å². The third-order valence-electron chi connectivity index (χ3n) is 4.89. The molecule has 1 unspecified atom stereocenters. The average molecular weight is 432 g/mol. The highest BCUT2D eigenvalue weighted by Crippen LogP contribution is 2.32. The first-order chi connectivity index (χ1) is 14.8. The number of rotatable bonds is 7. The molecule has 31 heavy (non-hydrogen) atoms. The van der Waals surface area contributed by atoms with E-state index in [9.17, 15) is 24.0 Å². The van der Waals surface area contributed by atoms with E-state index in [2.05, 4.69) is 16.0 Å². The van der Waals surface area contributed by atoms with Gasteiger partial charge >= 0.3 is 0 Å². The second-order valence-electron chi connectivity index (χ2n) is 6.84. The largest absolute Gasteiger partial charge is 0.483 e. The lowest BCUT2D eigenvalue weighted by Crippen LogP contribution is -2.54. The molecule has 1 fully saturated rings. The lowest BCUT2D eigenvalue weighted by molar-refractivity contribution is -0.136. The molecule has 0 spiro atoms. The predicted octanol–water partition coefficient (Wildman–Crippen LogP) is 0.117. The molecule has 5 amide bonds. The number of nitrogens with one attached hydrogen (secondary N) is 3. The van der Waals surface area contributed by atoms with Crippen LogP contribution in [0.5, 0.6) is 0 Å². The maximum absolute atomic E-state index is 12.9.